The van der Waals surface area contributed by atoms with Crippen LogP contribution in [0.2, 0.25) is 5.02 Å². The molecule has 3 nitrogen and oxygen atoms in total. The van der Waals surface area contributed by atoms with Crippen molar-refractivity contribution < 1.29 is 4.79 Å². The van der Waals surface area contributed by atoms with E-state index in [1.807, 2.05) is 37.3 Å². The summed E-state index contributed by atoms with van der Waals surface area (Å²) < 4.78 is 0. The second kappa shape index (κ2) is 7.13. The average molecular weight is 327 g/mol. The highest BCUT2D eigenvalue weighted by atomic mass is 35.5. The Hall–Kier alpha value is -1.01. The van der Waals surface area contributed by atoms with Crippen molar-refractivity contribution in [3.63, 3.8) is 0 Å². The van der Waals surface area contributed by atoms with Crippen molar-refractivity contribution in [1.29, 1.82) is 0 Å². The molecule has 0 saturated heterocycles. The Morgan fingerprint density at radius 3 is 2.75 bits per heavy atom. The Balaban J connectivity index is 1.96. The SMILES string of the molecule is Cc1sc(C(=O)NN)cc1CSCc1ccccc1Cl. The molecule has 3 N–H and O–H groups in total. The van der Waals surface area contributed by atoms with Crippen molar-refractivity contribution in [2.75, 3.05) is 0 Å². The molecule has 1 heterocycles. The van der Waals surface area contributed by atoms with E-state index in [-0.39, 0.29) is 5.91 Å². The number of rotatable bonds is 5. The molecule has 0 radical (unpaired) electrons. The van der Waals surface area contributed by atoms with Gasteiger partial charge in [0.05, 0.1) is 4.88 Å². The lowest BCUT2D eigenvalue weighted by Gasteiger charge is -2.03. The number of nitrogens with two attached hydrogens (primary N) is 1. The molecule has 0 bridgehead atoms. The summed E-state index contributed by atoms with van der Waals surface area (Å²) in [7, 11) is 0. The van der Waals surface area contributed by atoms with Gasteiger partial charge >= 0.3 is 0 Å². The molecule has 2 aromatic rings. The van der Waals surface area contributed by atoms with Crippen molar-refractivity contribution in [2.24, 2.45) is 5.84 Å². The number of nitrogens with one attached hydrogen (secondary N) is 1. The third-order valence-electron chi connectivity index (χ3n) is 2.85. The summed E-state index contributed by atoms with van der Waals surface area (Å²) >= 11 is 9.37. The van der Waals surface area contributed by atoms with Gasteiger partial charge in [0.2, 0.25) is 0 Å². The Kier molecular flexibility index (Phi) is 5.48. The molecular weight excluding hydrogens is 312 g/mol. The van der Waals surface area contributed by atoms with E-state index in [9.17, 15) is 4.79 Å². The van der Waals surface area contributed by atoms with E-state index in [0.29, 0.717) is 4.88 Å². The molecule has 0 aliphatic rings. The van der Waals surface area contributed by atoms with Gasteiger partial charge in [0, 0.05) is 21.4 Å². The molecule has 0 unspecified atom stereocenters. The van der Waals surface area contributed by atoms with Crippen LogP contribution < -0.4 is 11.3 Å². The molecule has 20 heavy (non-hydrogen) atoms. The van der Waals surface area contributed by atoms with Crippen molar-refractivity contribution in [1.82, 2.24) is 5.43 Å². The fraction of sp³-hybridized carbons (Fsp3) is 0.214. The number of carbonyl (C=O) groups is 1. The maximum Gasteiger partial charge on any atom is 0.275 e. The van der Waals surface area contributed by atoms with E-state index in [1.54, 1.807) is 11.8 Å². The van der Waals surface area contributed by atoms with Gasteiger partial charge in [-0.2, -0.15) is 11.8 Å². The minimum atomic E-state index is -0.236. The first kappa shape index (κ1) is 15.4. The Labute approximate surface area is 131 Å². The summed E-state index contributed by atoms with van der Waals surface area (Å²) in [5.74, 6) is 6.61. The number of hydrazine groups is 1. The molecule has 0 spiro atoms. The number of amides is 1. The predicted octanol–water partition coefficient (Wildman–Crippen LogP) is 3.75. The maximum atomic E-state index is 11.5. The van der Waals surface area contributed by atoms with Crippen LogP contribution in [0.25, 0.3) is 0 Å². The number of nitrogen functional groups attached to an aromatic ring is 1. The lowest BCUT2D eigenvalue weighted by molar-refractivity contribution is 0.0957. The molecule has 6 heteroatoms. The van der Waals surface area contributed by atoms with E-state index in [0.717, 1.165) is 27.0 Å². The standard InChI is InChI=1S/C14H15ClN2OS2/c1-9-11(6-13(20-9)14(18)17-16)8-19-7-10-4-2-3-5-12(10)15/h2-6H,7-8,16H2,1H3,(H,17,18). The third kappa shape index (κ3) is 3.76. The van der Waals surface area contributed by atoms with Crippen molar-refractivity contribution >= 4 is 40.6 Å². The summed E-state index contributed by atoms with van der Waals surface area (Å²) in [5, 5.41) is 0.797. The van der Waals surface area contributed by atoms with Crippen LogP contribution in [-0.2, 0) is 11.5 Å². The fourth-order valence-corrected chi connectivity index (χ4v) is 4.14. The lowest BCUT2D eigenvalue weighted by atomic mass is 10.2. The zero-order valence-electron chi connectivity index (χ0n) is 11.0. The average Bonchev–Trinajstić information content (AvgIpc) is 2.81. The van der Waals surface area contributed by atoms with Crippen LogP contribution in [0.15, 0.2) is 30.3 Å². The Morgan fingerprint density at radius 2 is 2.05 bits per heavy atom. The van der Waals surface area contributed by atoms with Crippen LogP contribution >= 0.6 is 34.7 Å². The first-order valence-corrected chi connectivity index (χ1v) is 8.38. The quantitative estimate of drug-likeness (QED) is 0.500. The minimum Gasteiger partial charge on any atom is -0.289 e. The van der Waals surface area contributed by atoms with Crippen LogP contribution in [0.4, 0.5) is 0 Å². The molecule has 0 atom stereocenters. The van der Waals surface area contributed by atoms with E-state index in [4.69, 9.17) is 17.4 Å². The highest BCUT2D eigenvalue weighted by molar-refractivity contribution is 7.97. The van der Waals surface area contributed by atoms with E-state index >= 15 is 0 Å². The highest BCUT2D eigenvalue weighted by Crippen LogP contribution is 2.28. The molecule has 0 aliphatic heterocycles. The summed E-state index contributed by atoms with van der Waals surface area (Å²) in [6.07, 6.45) is 0. The number of halogens is 1. The Bertz CT molecular complexity index is 613. The van der Waals surface area contributed by atoms with Gasteiger partial charge < -0.3 is 0 Å². The van der Waals surface area contributed by atoms with Crippen molar-refractivity contribution in [3.8, 4) is 0 Å². The predicted molar refractivity (Wildman–Crippen MR) is 87.2 cm³/mol. The zero-order valence-corrected chi connectivity index (χ0v) is 13.4. The second-order valence-electron chi connectivity index (χ2n) is 4.25. The lowest BCUT2D eigenvalue weighted by Crippen LogP contribution is -2.29. The van der Waals surface area contributed by atoms with Crippen LogP contribution in [0.5, 0.6) is 0 Å². The van der Waals surface area contributed by atoms with Gasteiger partial charge in [0.1, 0.15) is 0 Å². The fourth-order valence-electron chi connectivity index (χ4n) is 1.73. The number of carbonyl (C=O) groups excluding carboxylic acids is 1. The molecular formula is C14H15ClN2OS2. The van der Waals surface area contributed by atoms with Gasteiger partial charge in [-0.25, -0.2) is 5.84 Å². The minimum absolute atomic E-state index is 0.236. The van der Waals surface area contributed by atoms with Gasteiger partial charge in [0.15, 0.2) is 0 Å². The first-order valence-electron chi connectivity index (χ1n) is 6.03. The molecule has 1 amide bonds. The topological polar surface area (TPSA) is 55.1 Å². The third-order valence-corrected chi connectivity index (χ3v) is 5.34. The molecule has 0 aliphatic carbocycles. The first-order chi connectivity index (χ1) is 9.61. The highest BCUT2D eigenvalue weighted by Gasteiger charge is 2.11. The van der Waals surface area contributed by atoms with E-state index in [1.165, 1.54) is 16.9 Å². The summed E-state index contributed by atoms with van der Waals surface area (Å²) in [6.45, 7) is 2.02. The number of aryl methyl sites for hydroxylation is 1. The zero-order chi connectivity index (χ0) is 14.5. The largest absolute Gasteiger partial charge is 0.289 e. The van der Waals surface area contributed by atoms with E-state index in [2.05, 4.69) is 5.43 Å². The second-order valence-corrected chi connectivity index (χ2v) is 6.90. The van der Waals surface area contributed by atoms with Crippen molar-refractivity contribution in [2.45, 2.75) is 18.4 Å². The molecule has 106 valence electrons. The van der Waals surface area contributed by atoms with Crippen LogP contribution in [0.3, 0.4) is 0 Å². The van der Waals surface area contributed by atoms with Gasteiger partial charge in [-0.3, -0.25) is 10.2 Å². The number of thiophene rings is 1. The van der Waals surface area contributed by atoms with Crippen LogP contribution in [-0.4, -0.2) is 5.91 Å². The van der Waals surface area contributed by atoms with Gasteiger partial charge in [-0.15, -0.1) is 11.3 Å². The molecule has 0 saturated carbocycles. The number of benzene rings is 1. The van der Waals surface area contributed by atoms with Crippen LogP contribution in [0, 0.1) is 6.92 Å². The van der Waals surface area contributed by atoms with Gasteiger partial charge in [-0.05, 0) is 30.2 Å². The normalized spacial score (nSPS) is 10.6. The number of hydrogen-bond donors (Lipinski definition) is 2. The smallest absolute Gasteiger partial charge is 0.275 e. The molecule has 1 aromatic heterocycles. The summed E-state index contributed by atoms with van der Waals surface area (Å²) in [4.78, 5) is 13.3. The molecule has 1 aromatic carbocycles. The van der Waals surface area contributed by atoms with E-state index < -0.39 is 0 Å². The van der Waals surface area contributed by atoms with Crippen LogP contribution in [0.1, 0.15) is 25.7 Å². The van der Waals surface area contributed by atoms with Gasteiger partial charge in [-0.1, -0.05) is 29.8 Å². The van der Waals surface area contributed by atoms with Gasteiger partial charge in [0.25, 0.3) is 5.91 Å². The summed E-state index contributed by atoms with van der Waals surface area (Å²) in [5.41, 5.74) is 4.46. The molecule has 2 rings (SSSR count). The molecule has 0 fully saturated rings. The monoisotopic (exact) mass is 326 g/mol. The van der Waals surface area contributed by atoms with Crippen molar-refractivity contribution in [3.05, 3.63) is 56.2 Å². The maximum absolute atomic E-state index is 11.5. The number of hydrogen-bond acceptors (Lipinski definition) is 4. The Morgan fingerprint density at radius 1 is 1.35 bits per heavy atom. The number of thioether (sulfide) groups is 1. The summed E-state index contributed by atoms with van der Waals surface area (Å²) in [6, 6.07) is 9.75.